The van der Waals surface area contributed by atoms with Crippen LogP contribution in [0, 0.1) is 5.92 Å². The molecule has 1 rings (SSSR count). The molecule has 0 bridgehead atoms. The number of ether oxygens (including phenoxy) is 1. The average Bonchev–Trinajstić information content (AvgIpc) is 2.62. The molecule has 0 radical (unpaired) electrons. The maximum Gasteiger partial charge on any atom is 0.433 e. The number of carbonyl (C=O) groups excluding carboxylic acids is 2. The third-order valence-electron chi connectivity index (χ3n) is 2.79. The first-order valence-corrected chi connectivity index (χ1v) is 5.18. The van der Waals surface area contributed by atoms with Crippen LogP contribution in [-0.2, 0) is 14.3 Å². The zero-order valence-electron chi connectivity index (χ0n) is 9.14. The van der Waals surface area contributed by atoms with Gasteiger partial charge in [-0.2, -0.15) is 13.2 Å². The van der Waals surface area contributed by atoms with Gasteiger partial charge in [-0.15, -0.1) is 0 Å². The van der Waals surface area contributed by atoms with Gasteiger partial charge in [0.2, 0.25) is 0 Å². The molecule has 98 valence electrons. The maximum atomic E-state index is 14.0. The first-order valence-electron chi connectivity index (χ1n) is 5.18. The van der Waals surface area contributed by atoms with Crippen LogP contribution in [0.15, 0.2) is 0 Å². The van der Waals surface area contributed by atoms with E-state index in [0.717, 1.165) is 0 Å². The first-order chi connectivity index (χ1) is 7.73. The van der Waals surface area contributed by atoms with Crippen LogP contribution in [0.3, 0.4) is 0 Å². The van der Waals surface area contributed by atoms with Gasteiger partial charge in [-0.1, -0.05) is 0 Å². The minimum Gasteiger partial charge on any atom is -0.463 e. The van der Waals surface area contributed by atoms with E-state index in [0.29, 0.717) is 0 Å². The van der Waals surface area contributed by atoms with Crippen molar-refractivity contribution < 1.29 is 31.9 Å². The molecule has 0 spiro atoms. The fourth-order valence-electron chi connectivity index (χ4n) is 1.90. The van der Waals surface area contributed by atoms with Crippen molar-refractivity contribution in [2.45, 2.75) is 38.0 Å². The highest BCUT2D eigenvalue weighted by molar-refractivity contribution is 5.86. The van der Waals surface area contributed by atoms with Crippen LogP contribution in [0.25, 0.3) is 0 Å². The highest BCUT2D eigenvalue weighted by Gasteiger charge is 2.68. The second-order valence-corrected chi connectivity index (χ2v) is 3.91. The Labute approximate surface area is 95.1 Å². The van der Waals surface area contributed by atoms with Crippen molar-refractivity contribution in [2.24, 2.45) is 5.92 Å². The average molecular weight is 256 g/mol. The van der Waals surface area contributed by atoms with E-state index in [9.17, 15) is 27.2 Å². The molecule has 2 atom stereocenters. The third kappa shape index (κ3) is 2.42. The summed E-state index contributed by atoms with van der Waals surface area (Å²) in [7, 11) is 0. The Bertz CT molecular complexity index is 326. The summed E-state index contributed by atoms with van der Waals surface area (Å²) < 4.78 is 56.2. The number of Topliss-reactive ketones (excluding diaryl/α,β-unsaturated/α-hetero) is 1. The van der Waals surface area contributed by atoms with Crippen LogP contribution in [0.4, 0.5) is 17.6 Å². The largest absolute Gasteiger partial charge is 0.463 e. The highest BCUT2D eigenvalue weighted by Crippen LogP contribution is 2.46. The van der Waals surface area contributed by atoms with Crippen LogP contribution >= 0.6 is 0 Å². The SMILES string of the molecule is CCOC(=O)C(F)(C1CCC(=O)C1)C(F)(F)F. The van der Waals surface area contributed by atoms with Crippen molar-refractivity contribution in [3.05, 3.63) is 0 Å². The van der Waals surface area contributed by atoms with Gasteiger partial charge in [-0.05, 0) is 13.3 Å². The second kappa shape index (κ2) is 4.62. The van der Waals surface area contributed by atoms with Crippen LogP contribution in [0.2, 0.25) is 0 Å². The fourth-order valence-corrected chi connectivity index (χ4v) is 1.90. The summed E-state index contributed by atoms with van der Waals surface area (Å²) in [6.07, 6.45) is -6.36. The lowest BCUT2D eigenvalue weighted by Gasteiger charge is -2.30. The Morgan fingerprint density at radius 2 is 2.00 bits per heavy atom. The summed E-state index contributed by atoms with van der Waals surface area (Å²) >= 11 is 0. The monoisotopic (exact) mass is 256 g/mol. The van der Waals surface area contributed by atoms with Gasteiger partial charge in [0.05, 0.1) is 6.61 Å². The molecule has 1 fully saturated rings. The summed E-state index contributed by atoms with van der Waals surface area (Å²) in [6, 6.07) is 0. The number of rotatable bonds is 3. The van der Waals surface area contributed by atoms with Crippen molar-refractivity contribution in [1.29, 1.82) is 0 Å². The molecule has 0 heterocycles. The van der Waals surface area contributed by atoms with E-state index in [1.165, 1.54) is 6.92 Å². The zero-order chi connectivity index (χ0) is 13.3. The number of alkyl halides is 4. The van der Waals surface area contributed by atoms with Crippen molar-refractivity contribution in [3.8, 4) is 0 Å². The van der Waals surface area contributed by atoms with E-state index in [4.69, 9.17) is 0 Å². The van der Waals surface area contributed by atoms with Gasteiger partial charge in [0, 0.05) is 18.8 Å². The van der Waals surface area contributed by atoms with Gasteiger partial charge < -0.3 is 4.74 Å². The zero-order valence-corrected chi connectivity index (χ0v) is 9.14. The maximum absolute atomic E-state index is 14.0. The molecular formula is C10H12F4O3. The minimum absolute atomic E-state index is 0.133. The lowest BCUT2D eigenvalue weighted by molar-refractivity contribution is -0.252. The number of esters is 1. The summed E-state index contributed by atoms with van der Waals surface area (Å²) in [4.78, 5) is 22.1. The lowest BCUT2D eigenvalue weighted by atomic mass is 9.87. The Morgan fingerprint density at radius 1 is 1.41 bits per heavy atom. The second-order valence-electron chi connectivity index (χ2n) is 3.91. The van der Waals surface area contributed by atoms with Crippen LogP contribution in [-0.4, -0.2) is 30.2 Å². The first kappa shape index (κ1) is 13.9. The Morgan fingerprint density at radius 3 is 2.35 bits per heavy atom. The Kier molecular flexibility index (Phi) is 3.78. The van der Waals surface area contributed by atoms with Crippen LogP contribution in [0.1, 0.15) is 26.2 Å². The van der Waals surface area contributed by atoms with E-state index in [-0.39, 0.29) is 19.4 Å². The number of hydrogen-bond donors (Lipinski definition) is 0. The third-order valence-corrected chi connectivity index (χ3v) is 2.79. The smallest absolute Gasteiger partial charge is 0.433 e. The molecule has 0 aliphatic heterocycles. The minimum atomic E-state index is -5.37. The van der Waals surface area contributed by atoms with Crippen molar-refractivity contribution in [1.82, 2.24) is 0 Å². The molecule has 17 heavy (non-hydrogen) atoms. The van der Waals surface area contributed by atoms with E-state index < -0.39 is 35.9 Å². The molecule has 1 aliphatic carbocycles. The van der Waals surface area contributed by atoms with E-state index in [2.05, 4.69) is 4.74 Å². The summed E-state index contributed by atoms with van der Waals surface area (Å²) in [5, 5.41) is 0. The van der Waals surface area contributed by atoms with Gasteiger partial charge in [-0.3, -0.25) is 4.79 Å². The lowest BCUT2D eigenvalue weighted by Crippen LogP contribution is -2.54. The molecule has 0 aromatic carbocycles. The summed E-state index contributed by atoms with van der Waals surface area (Å²) in [6.45, 7) is 0.940. The molecule has 0 aromatic rings. The number of halogens is 4. The number of hydrogen-bond acceptors (Lipinski definition) is 3. The van der Waals surface area contributed by atoms with Crippen LogP contribution in [0.5, 0.6) is 0 Å². The van der Waals surface area contributed by atoms with E-state index in [1.807, 2.05) is 0 Å². The predicted molar refractivity (Wildman–Crippen MR) is 48.9 cm³/mol. The highest BCUT2D eigenvalue weighted by atomic mass is 19.4. The molecule has 0 N–H and O–H groups in total. The van der Waals surface area contributed by atoms with Crippen molar-refractivity contribution in [2.75, 3.05) is 6.61 Å². The number of ketones is 1. The van der Waals surface area contributed by atoms with E-state index in [1.54, 1.807) is 0 Å². The molecule has 0 saturated heterocycles. The van der Waals surface area contributed by atoms with E-state index >= 15 is 0 Å². The van der Waals surface area contributed by atoms with Gasteiger partial charge >= 0.3 is 17.8 Å². The molecule has 0 aromatic heterocycles. The topological polar surface area (TPSA) is 43.4 Å². The molecule has 0 amide bonds. The van der Waals surface area contributed by atoms with Gasteiger partial charge in [0.25, 0.3) is 0 Å². The quantitative estimate of drug-likeness (QED) is 0.574. The summed E-state index contributed by atoms with van der Waals surface area (Å²) in [5.41, 5.74) is -4.07. The molecule has 1 aliphatic rings. The fraction of sp³-hybridized carbons (Fsp3) is 0.800. The van der Waals surface area contributed by atoms with Gasteiger partial charge in [0.1, 0.15) is 5.78 Å². The standard InChI is InChI=1S/C10H12F4O3/c1-2-17-8(16)9(11,10(12,13)14)6-3-4-7(15)5-6/h6H,2-5H2,1H3. The van der Waals surface area contributed by atoms with Gasteiger partial charge in [-0.25, -0.2) is 9.18 Å². The Hall–Kier alpha value is -1.14. The van der Waals surface area contributed by atoms with Crippen LogP contribution < -0.4 is 0 Å². The molecule has 7 heteroatoms. The normalized spacial score (nSPS) is 24.5. The summed E-state index contributed by atoms with van der Waals surface area (Å²) in [5.74, 6) is -4.09. The van der Waals surface area contributed by atoms with Crippen molar-refractivity contribution in [3.63, 3.8) is 0 Å². The molecule has 2 unspecified atom stereocenters. The molecular weight excluding hydrogens is 244 g/mol. The predicted octanol–water partition coefficient (Wildman–Crippen LogP) is 2.19. The Balaban J connectivity index is 3.02. The molecule has 1 saturated carbocycles. The number of carbonyl (C=O) groups is 2. The van der Waals surface area contributed by atoms with Gasteiger partial charge in [0.15, 0.2) is 0 Å². The molecule has 3 nitrogen and oxygen atoms in total. The van der Waals surface area contributed by atoms with Crippen molar-refractivity contribution >= 4 is 11.8 Å².